The fourth-order valence-electron chi connectivity index (χ4n) is 2.22. The van der Waals surface area contributed by atoms with E-state index in [9.17, 15) is 8.42 Å². The Balaban J connectivity index is 2.73. The predicted molar refractivity (Wildman–Crippen MR) is 80.3 cm³/mol. The SMILES string of the molecule is CCC(CCCS(=O)(=O)c1cc(C)ccc1C)NC. The molecular formula is C15H25NO2S. The summed E-state index contributed by atoms with van der Waals surface area (Å²) < 4.78 is 24.7. The molecule has 0 saturated carbocycles. The summed E-state index contributed by atoms with van der Waals surface area (Å²) >= 11 is 0. The lowest BCUT2D eigenvalue weighted by molar-refractivity contribution is 0.500. The monoisotopic (exact) mass is 283 g/mol. The highest BCUT2D eigenvalue weighted by Gasteiger charge is 2.17. The van der Waals surface area contributed by atoms with Crippen molar-refractivity contribution >= 4 is 9.84 Å². The Hall–Kier alpha value is -0.870. The molecule has 0 heterocycles. The summed E-state index contributed by atoms with van der Waals surface area (Å²) in [6, 6.07) is 6.02. The number of hydrogen-bond acceptors (Lipinski definition) is 3. The van der Waals surface area contributed by atoms with E-state index in [1.807, 2.05) is 33.0 Å². The maximum Gasteiger partial charge on any atom is 0.178 e. The van der Waals surface area contributed by atoms with Gasteiger partial charge in [0.25, 0.3) is 0 Å². The van der Waals surface area contributed by atoms with E-state index < -0.39 is 9.84 Å². The molecule has 1 aromatic carbocycles. The van der Waals surface area contributed by atoms with Crippen LogP contribution in [-0.2, 0) is 9.84 Å². The Morgan fingerprint density at radius 1 is 1.26 bits per heavy atom. The minimum atomic E-state index is -3.15. The van der Waals surface area contributed by atoms with Gasteiger partial charge in [-0.15, -0.1) is 0 Å². The second-order valence-corrected chi connectivity index (χ2v) is 7.20. The van der Waals surface area contributed by atoms with Gasteiger partial charge in [0.1, 0.15) is 0 Å². The average Bonchev–Trinajstić information content (AvgIpc) is 2.37. The highest BCUT2D eigenvalue weighted by Crippen LogP contribution is 2.19. The Morgan fingerprint density at radius 3 is 2.53 bits per heavy atom. The smallest absolute Gasteiger partial charge is 0.178 e. The van der Waals surface area contributed by atoms with Crippen LogP contribution >= 0.6 is 0 Å². The maximum atomic E-state index is 12.3. The summed E-state index contributed by atoms with van der Waals surface area (Å²) in [6.45, 7) is 5.89. The van der Waals surface area contributed by atoms with Crippen LogP contribution in [0.5, 0.6) is 0 Å². The lowest BCUT2D eigenvalue weighted by atomic mass is 10.1. The summed E-state index contributed by atoms with van der Waals surface area (Å²) in [5.41, 5.74) is 1.83. The molecular weight excluding hydrogens is 258 g/mol. The molecule has 0 radical (unpaired) electrons. The minimum absolute atomic E-state index is 0.232. The van der Waals surface area contributed by atoms with Crippen molar-refractivity contribution in [2.45, 2.75) is 51.0 Å². The van der Waals surface area contributed by atoms with Crippen LogP contribution in [0.4, 0.5) is 0 Å². The van der Waals surface area contributed by atoms with Crippen molar-refractivity contribution < 1.29 is 8.42 Å². The quantitative estimate of drug-likeness (QED) is 0.837. The van der Waals surface area contributed by atoms with Gasteiger partial charge in [-0.2, -0.15) is 0 Å². The van der Waals surface area contributed by atoms with Gasteiger partial charge in [0, 0.05) is 6.04 Å². The first-order chi connectivity index (χ1) is 8.90. The van der Waals surface area contributed by atoms with Crippen molar-refractivity contribution in [1.29, 1.82) is 0 Å². The van der Waals surface area contributed by atoms with Gasteiger partial charge in [-0.05, 0) is 57.4 Å². The molecule has 0 saturated heterocycles. The van der Waals surface area contributed by atoms with E-state index in [2.05, 4.69) is 12.2 Å². The van der Waals surface area contributed by atoms with Crippen LogP contribution in [0.2, 0.25) is 0 Å². The molecule has 0 amide bonds. The number of hydrogen-bond donors (Lipinski definition) is 1. The zero-order chi connectivity index (χ0) is 14.5. The molecule has 0 bridgehead atoms. The lowest BCUT2D eigenvalue weighted by Gasteiger charge is -2.14. The van der Waals surface area contributed by atoms with Crippen LogP contribution in [0.3, 0.4) is 0 Å². The summed E-state index contributed by atoms with van der Waals surface area (Å²) in [4.78, 5) is 0.491. The fraction of sp³-hybridized carbons (Fsp3) is 0.600. The zero-order valence-electron chi connectivity index (χ0n) is 12.4. The third-order valence-corrected chi connectivity index (χ3v) is 5.48. The van der Waals surface area contributed by atoms with Crippen LogP contribution in [0.25, 0.3) is 0 Å². The van der Waals surface area contributed by atoms with Gasteiger partial charge >= 0.3 is 0 Å². The lowest BCUT2D eigenvalue weighted by Crippen LogP contribution is -2.24. The topological polar surface area (TPSA) is 46.2 Å². The Kier molecular flexibility index (Phi) is 6.01. The molecule has 0 aromatic heterocycles. The van der Waals surface area contributed by atoms with Crippen LogP contribution in [0.15, 0.2) is 23.1 Å². The molecule has 1 rings (SSSR count). The van der Waals surface area contributed by atoms with E-state index in [0.717, 1.165) is 24.0 Å². The van der Waals surface area contributed by atoms with Crippen molar-refractivity contribution in [3.8, 4) is 0 Å². The summed E-state index contributed by atoms with van der Waals surface area (Å²) in [7, 11) is -1.23. The highest BCUT2D eigenvalue weighted by atomic mass is 32.2. The third kappa shape index (κ3) is 4.62. The number of sulfone groups is 1. The highest BCUT2D eigenvalue weighted by molar-refractivity contribution is 7.91. The van der Waals surface area contributed by atoms with E-state index in [1.165, 1.54) is 0 Å². The number of rotatable bonds is 7. The maximum absolute atomic E-state index is 12.3. The second-order valence-electron chi connectivity index (χ2n) is 5.12. The zero-order valence-corrected chi connectivity index (χ0v) is 13.2. The number of nitrogens with one attached hydrogen (secondary N) is 1. The fourth-order valence-corrected chi connectivity index (χ4v) is 3.92. The normalized spacial score (nSPS) is 13.5. The Morgan fingerprint density at radius 2 is 1.95 bits per heavy atom. The molecule has 108 valence electrons. The minimum Gasteiger partial charge on any atom is -0.317 e. The van der Waals surface area contributed by atoms with Gasteiger partial charge in [-0.3, -0.25) is 0 Å². The standard InChI is InChI=1S/C15H25NO2S/c1-5-14(16-4)7-6-10-19(17,18)15-11-12(2)8-9-13(15)3/h8-9,11,14,16H,5-7,10H2,1-4H3. The van der Waals surface area contributed by atoms with Gasteiger partial charge in [-0.1, -0.05) is 19.1 Å². The second kappa shape index (κ2) is 7.06. The average molecular weight is 283 g/mol. The molecule has 1 aromatic rings. The van der Waals surface area contributed by atoms with Crippen molar-refractivity contribution in [2.75, 3.05) is 12.8 Å². The molecule has 0 aliphatic heterocycles. The molecule has 3 nitrogen and oxygen atoms in total. The largest absolute Gasteiger partial charge is 0.317 e. The predicted octanol–water partition coefficient (Wildman–Crippen LogP) is 2.86. The molecule has 1 unspecified atom stereocenters. The molecule has 0 fully saturated rings. The van der Waals surface area contributed by atoms with Crippen LogP contribution < -0.4 is 5.32 Å². The van der Waals surface area contributed by atoms with E-state index in [4.69, 9.17) is 0 Å². The Labute approximate surface area is 117 Å². The third-order valence-electron chi connectivity index (χ3n) is 3.55. The molecule has 4 heteroatoms. The van der Waals surface area contributed by atoms with E-state index >= 15 is 0 Å². The van der Waals surface area contributed by atoms with Gasteiger partial charge in [-0.25, -0.2) is 8.42 Å². The van der Waals surface area contributed by atoms with Crippen LogP contribution in [0.1, 0.15) is 37.3 Å². The van der Waals surface area contributed by atoms with Gasteiger partial charge in [0.05, 0.1) is 10.6 Å². The Bertz CT molecular complexity index is 505. The van der Waals surface area contributed by atoms with Crippen molar-refractivity contribution in [3.05, 3.63) is 29.3 Å². The molecule has 19 heavy (non-hydrogen) atoms. The van der Waals surface area contributed by atoms with E-state index in [1.54, 1.807) is 6.07 Å². The molecule has 0 aliphatic carbocycles. The van der Waals surface area contributed by atoms with Crippen LogP contribution in [-0.4, -0.2) is 27.3 Å². The summed E-state index contributed by atoms with van der Waals surface area (Å²) in [5, 5.41) is 3.20. The van der Waals surface area contributed by atoms with E-state index in [0.29, 0.717) is 17.4 Å². The van der Waals surface area contributed by atoms with Crippen molar-refractivity contribution in [2.24, 2.45) is 0 Å². The first-order valence-electron chi connectivity index (χ1n) is 6.88. The summed E-state index contributed by atoms with van der Waals surface area (Å²) in [6.07, 6.45) is 2.63. The number of benzene rings is 1. The van der Waals surface area contributed by atoms with E-state index in [-0.39, 0.29) is 5.75 Å². The van der Waals surface area contributed by atoms with Gasteiger partial charge in [0.2, 0.25) is 0 Å². The van der Waals surface area contributed by atoms with Gasteiger partial charge < -0.3 is 5.32 Å². The first-order valence-corrected chi connectivity index (χ1v) is 8.53. The molecule has 1 N–H and O–H groups in total. The van der Waals surface area contributed by atoms with Crippen molar-refractivity contribution in [1.82, 2.24) is 5.32 Å². The first kappa shape index (κ1) is 16.2. The number of aryl methyl sites for hydroxylation is 2. The summed E-state index contributed by atoms with van der Waals surface area (Å²) in [5.74, 6) is 0.232. The molecule has 1 atom stereocenters. The molecule has 0 aliphatic rings. The molecule has 0 spiro atoms. The van der Waals surface area contributed by atoms with Gasteiger partial charge in [0.15, 0.2) is 9.84 Å². The van der Waals surface area contributed by atoms with Crippen molar-refractivity contribution in [3.63, 3.8) is 0 Å². The van der Waals surface area contributed by atoms with Crippen LogP contribution in [0, 0.1) is 13.8 Å².